The molecule has 5 heteroatoms. The maximum absolute atomic E-state index is 14.3. The fraction of sp³-hybridized carbons (Fsp3) is 0.600. The largest absolute Gasteiger partial charge is 0.314 e. The second-order valence-electron chi connectivity index (χ2n) is 5.09. The molecular formula is C15H23BrClFN2. The zero-order valence-corrected chi connectivity index (χ0v) is 14.3. The van der Waals surface area contributed by atoms with E-state index in [1.807, 2.05) is 12.1 Å². The Bertz CT molecular complexity index is 411. The zero-order chi connectivity index (χ0) is 13.7. The molecule has 0 unspecified atom stereocenters. The molecule has 1 aromatic carbocycles. The van der Waals surface area contributed by atoms with Crippen molar-refractivity contribution in [3.8, 4) is 0 Å². The summed E-state index contributed by atoms with van der Waals surface area (Å²) in [4.78, 5) is 2.41. The minimum Gasteiger partial charge on any atom is -0.314 e. The van der Waals surface area contributed by atoms with Crippen LogP contribution in [-0.4, -0.2) is 31.1 Å². The van der Waals surface area contributed by atoms with Crippen molar-refractivity contribution < 1.29 is 4.39 Å². The third kappa shape index (κ3) is 4.42. The van der Waals surface area contributed by atoms with Crippen molar-refractivity contribution in [1.29, 1.82) is 0 Å². The number of rotatable bonds is 5. The molecule has 1 aromatic rings. The smallest absolute Gasteiger partial charge is 0.142 e. The summed E-state index contributed by atoms with van der Waals surface area (Å²) in [5, 5.41) is 3.36. The summed E-state index contributed by atoms with van der Waals surface area (Å²) < 4.78 is 14.9. The lowest BCUT2D eigenvalue weighted by molar-refractivity contribution is 0.160. The van der Waals surface area contributed by atoms with Gasteiger partial charge in [-0.3, -0.25) is 4.90 Å². The molecule has 1 aliphatic rings. The van der Waals surface area contributed by atoms with Gasteiger partial charge in [0.2, 0.25) is 0 Å². The van der Waals surface area contributed by atoms with Crippen molar-refractivity contribution in [3.05, 3.63) is 34.1 Å². The van der Waals surface area contributed by atoms with Gasteiger partial charge in [0.05, 0.1) is 4.47 Å². The van der Waals surface area contributed by atoms with Crippen LogP contribution in [0.15, 0.2) is 22.7 Å². The molecule has 114 valence electrons. The molecule has 1 atom stereocenters. The lowest BCUT2D eigenvalue weighted by Gasteiger charge is -2.35. The summed E-state index contributed by atoms with van der Waals surface area (Å²) >= 11 is 3.30. The molecule has 1 N–H and O–H groups in total. The first kappa shape index (κ1) is 17.9. The Morgan fingerprint density at radius 2 is 2.05 bits per heavy atom. The average Bonchev–Trinajstić information content (AvgIpc) is 2.45. The summed E-state index contributed by atoms with van der Waals surface area (Å²) in [6.45, 7) is 6.18. The Morgan fingerprint density at radius 1 is 1.35 bits per heavy atom. The average molecular weight is 366 g/mol. The molecule has 0 spiro atoms. The number of nitrogens with one attached hydrogen (secondary N) is 1. The second-order valence-corrected chi connectivity index (χ2v) is 5.94. The molecule has 0 aliphatic carbocycles. The van der Waals surface area contributed by atoms with Gasteiger partial charge in [-0.25, -0.2) is 4.39 Å². The van der Waals surface area contributed by atoms with Crippen molar-refractivity contribution in [3.63, 3.8) is 0 Å². The number of hydrogen-bond donors (Lipinski definition) is 1. The molecule has 0 amide bonds. The van der Waals surface area contributed by atoms with Crippen LogP contribution in [0, 0.1) is 5.82 Å². The van der Waals surface area contributed by atoms with Crippen LogP contribution in [0.2, 0.25) is 0 Å². The topological polar surface area (TPSA) is 15.3 Å². The first-order valence-corrected chi connectivity index (χ1v) is 7.92. The molecule has 0 aromatic heterocycles. The lowest BCUT2D eigenvalue weighted by atomic mass is 9.98. The maximum Gasteiger partial charge on any atom is 0.142 e. The fourth-order valence-electron chi connectivity index (χ4n) is 2.70. The number of hydrogen-bond acceptors (Lipinski definition) is 2. The highest BCUT2D eigenvalue weighted by Crippen LogP contribution is 2.31. The predicted molar refractivity (Wildman–Crippen MR) is 88.1 cm³/mol. The molecule has 2 rings (SSSR count). The molecule has 1 saturated heterocycles. The summed E-state index contributed by atoms with van der Waals surface area (Å²) in [6, 6.07) is 5.85. The quantitative estimate of drug-likeness (QED) is 0.843. The monoisotopic (exact) mass is 364 g/mol. The summed E-state index contributed by atoms with van der Waals surface area (Å²) in [5.41, 5.74) is 0.838. The van der Waals surface area contributed by atoms with Gasteiger partial charge in [0.1, 0.15) is 5.82 Å². The van der Waals surface area contributed by atoms with E-state index >= 15 is 0 Å². The molecule has 0 radical (unpaired) electrons. The molecule has 20 heavy (non-hydrogen) atoms. The lowest BCUT2D eigenvalue weighted by Crippen LogP contribution is -2.45. The Morgan fingerprint density at radius 3 is 2.70 bits per heavy atom. The highest BCUT2D eigenvalue weighted by Gasteiger charge is 2.24. The van der Waals surface area contributed by atoms with Gasteiger partial charge in [-0.05, 0) is 28.4 Å². The van der Waals surface area contributed by atoms with Crippen LogP contribution in [0.5, 0.6) is 0 Å². The van der Waals surface area contributed by atoms with Gasteiger partial charge in [0, 0.05) is 37.8 Å². The van der Waals surface area contributed by atoms with E-state index in [4.69, 9.17) is 0 Å². The molecule has 2 nitrogen and oxygen atoms in total. The van der Waals surface area contributed by atoms with Gasteiger partial charge in [-0.1, -0.05) is 31.9 Å². The molecule has 0 bridgehead atoms. The summed E-state index contributed by atoms with van der Waals surface area (Å²) in [7, 11) is 0. The van der Waals surface area contributed by atoms with Crippen LogP contribution in [-0.2, 0) is 0 Å². The molecule has 1 aliphatic heterocycles. The summed E-state index contributed by atoms with van der Waals surface area (Å²) in [5.74, 6) is -0.0952. The Kier molecular flexibility index (Phi) is 8.03. The Balaban J connectivity index is 0.00000200. The van der Waals surface area contributed by atoms with Gasteiger partial charge < -0.3 is 5.32 Å². The van der Waals surface area contributed by atoms with Gasteiger partial charge >= 0.3 is 0 Å². The normalized spacial score (nSPS) is 17.6. The van der Waals surface area contributed by atoms with E-state index in [1.54, 1.807) is 6.07 Å². The number of piperazine rings is 1. The van der Waals surface area contributed by atoms with Crippen molar-refractivity contribution in [2.75, 3.05) is 26.2 Å². The first-order valence-electron chi connectivity index (χ1n) is 7.12. The number of benzene rings is 1. The van der Waals surface area contributed by atoms with Gasteiger partial charge in [-0.15, -0.1) is 12.4 Å². The van der Waals surface area contributed by atoms with Crippen LogP contribution in [0.25, 0.3) is 0 Å². The number of halogens is 3. The minimum absolute atomic E-state index is 0. The molecule has 0 saturated carbocycles. The first-order chi connectivity index (χ1) is 9.24. The summed E-state index contributed by atoms with van der Waals surface area (Å²) in [6.07, 6.45) is 3.32. The standard InChI is InChI=1S/C15H22BrFN2.ClH/c1-2-3-7-14(19-10-8-18-9-11-19)12-5-4-6-13(16)15(12)17;/h4-6,14,18H,2-3,7-11H2,1H3;1H/t14-;/m0./s1. The number of nitrogens with zero attached hydrogens (tertiary/aromatic N) is 1. The van der Waals surface area contributed by atoms with Crippen LogP contribution in [0.4, 0.5) is 4.39 Å². The van der Waals surface area contributed by atoms with Crippen LogP contribution < -0.4 is 5.32 Å². The highest BCUT2D eigenvalue weighted by atomic mass is 79.9. The van der Waals surface area contributed by atoms with E-state index in [2.05, 4.69) is 33.1 Å². The van der Waals surface area contributed by atoms with E-state index in [-0.39, 0.29) is 24.3 Å². The van der Waals surface area contributed by atoms with E-state index in [0.29, 0.717) is 4.47 Å². The van der Waals surface area contributed by atoms with Gasteiger partial charge in [-0.2, -0.15) is 0 Å². The van der Waals surface area contributed by atoms with Gasteiger partial charge in [0.25, 0.3) is 0 Å². The van der Waals surface area contributed by atoms with E-state index in [9.17, 15) is 4.39 Å². The molecule has 1 fully saturated rings. The van der Waals surface area contributed by atoms with Crippen LogP contribution in [0.3, 0.4) is 0 Å². The minimum atomic E-state index is -0.0952. The van der Waals surface area contributed by atoms with Crippen molar-refractivity contribution in [2.45, 2.75) is 32.2 Å². The molecular weight excluding hydrogens is 343 g/mol. The number of unbranched alkanes of at least 4 members (excludes halogenated alkanes) is 1. The fourth-order valence-corrected chi connectivity index (χ4v) is 3.09. The predicted octanol–water partition coefficient (Wildman–Crippen LogP) is 4.15. The third-order valence-corrected chi connectivity index (χ3v) is 4.38. The SMILES string of the molecule is CCCC[C@@H](c1cccc(Br)c1F)N1CCNCC1.Cl. The van der Waals surface area contributed by atoms with E-state index in [1.165, 1.54) is 0 Å². The zero-order valence-electron chi connectivity index (χ0n) is 11.9. The maximum atomic E-state index is 14.3. The van der Waals surface area contributed by atoms with Crippen LogP contribution >= 0.6 is 28.3 Å². The van der Waals surface area contributed by atoms with E-state index < -0.39 is 0 Å². The van der Waals surface area contributed by atoms with E-state index in [0.717, 1.165) is 51.0 Å². The third-order valence-electron chi connectivity index (χ3n) is 3.76. The molecule has 1 heterocycles. The van der Waals surface area contributed by atoms with Crippen molar-refractivity contribution in [1.82, 2.24) is 10.2 Å². The Hall–Kier alpha value is -0.160. The van der Waals surface area contributed by atoms with Crippen molar-refractivity contribution in [2.24, 2.45) is 0 Å². The van der Waals surface area contributed by atoms with Crippen LogP contribution in [0.1, 0.15) is 37.8 Å². The van der Waals surface area contributed by atoms with Gasteiger partial charge in [0.15, 0.2) is 0 Å². The highest BCUT2D eigenvalue weighted by molar-refractivity contribution is 9.10. The second kappa shape index (κ2) is 8.98. The Labute approximate surface area is 135 Å². The van der Waals surface area contributed by atoms with Crippen molar-refractivity contribution >= 4 is 28.3 Å².